The van der Waals surface area contributed by atoms with E-state index in [1.165, 1.54) is 5.56 Å². The molecule has 0 aliphatic rings. The third-order valence-corrected chi connectivity index (χ3v) is 2.70. The minimum absolute atomic E-state index is 0.781. The third-order valence-electron chi connectivity index (χ3n) is 2.70. The molecule has 0 bridgehead atoms. The van der Waals surface area contributed by atoms with Gasteiger partial charge in [0, 0.05) is 32.4 Å². The summed E-state index contributed by atoms with van der Waals surface area (Å²) in [5, 5.41) is 3.35. The van der Waals surface area contributed by atoms with Crippen molar-refractivity contribution in [2.45, 2.75) is 19.9 Å². The summed E-state index contributed by atoms with van der Waals surface area (Å²) in [7, 11) is 2.01. The predicted octanol–water partition coefficient (Wildman–Crippen LogP) is 1.65. The number of nitrogens with one attached hydrogen (secondary N) is 1. The summed E-state index contributed by atoms with van der Waals surface area (Å²) in [6, 6.07) is 1.98. The van der Waals surface area contributed by atoms with Gasteiger partial charge in [-0.15, -0.1) is 0 Å². The summed E-state index contributed by atoms with van der Waals surface area (Å²) in [6.45, 7) is 3.74. The van der Waals surface area contributed by atoms with Crippen LogP contribution in [0.1, 0.15) is 17.1 Å². The van der Waals surface area contributed by atoms with Gasteiger partial charge in [-0.2, -0.15) is 0 Å². The molecule has 2 rings (SSSR count). The van der Waals surface area contributed by atoms with Crippen molar-refractivity contribution in [2.24, 2.45) is 7.05 Å². The second-order valence-electron chi connectivity index (χ2n) is 3.91. The molecular weight excluding hydrogens is 202 g/mol. The molecule has 0 aliphatic heterocycles. The van der Waals surface area contributed by atoms with Gasteiger partial charge in [0.2, 0.25) is 0 Å². The normalized spacial score (nSPS) is 10.9. The van der Waals surface area contributed by atoms with Gasteiger partial charge in [0.25, 0.3) is 0 Å². The molecule has 0 saturated heterocycles. The van der Waals surface area contributed by atoms with Crippen LogP contribution in [0.15, 0.2) is 29.1 Å². The standard InChI is InChI=1S/C12H17N3O/c1-10-4-8-16-11(10)9-13-5-3-12-14-6-7-15(12)2/h4,6-8,13H,3,5,9H2,1-2H3. The first-order valence-corrected chi connectivity index (χ1v) is 5.47. The van der Waals surface area contributed by atoms with Gasteiger partial charge in [0.15, 0.2) is 0 Å². The Morgan fingerprint density at radius 2 is 2.38 bits per heavy atom. The Balaban J connectivity index is 1.74. The average molecular weight is 219 g/mol. The highest BCUT2D eigenvalue weighted by Gasteiger charge is 2.02. The van der Waals surface area contributed by atoms with Crippen molar-refractivity contribution in [1.82, 2.24) is 14.9 Å². The zero-order chi connectivity index (χ0) is 11.4. The molecule has 0 unspecified atom stereocenters. The van der Waals surface area contributed by atoms with Crippen molar-refractivity contribution in [3.05, 3.63) is 41.9 Å². The molecule has 86 valence electrons. The van der Waals surface area contributed by atoms with Crippen LogP contribution in [-0.2, 0) is 20.0 Å². The van der Waals surface area contributed by atoms with Crippen LogP contribution in [0.4, 0.5) is 0 Å². The fourth-order valence-electron chi connectivity index (χ4n) is 1.62. The zero-order valence-electron chi connectivity index (χ0n) is 9.73. The summed E-state index contributed by atoms with van der Waals surface area (Å²) >= 11 is 0. The van der Waals surface area contributed by atoms with E-state index in [1.807, 2.05) is 30.1 Å². The first kappa shape index (κ1) is 11.0. The van der Waals surface area contributed by atoms with E-state index in [1.54, 1.807) is 6.26 Å². The molecule has 0 atom stereocenters. The lowest BCUT2D eigenvalue weighted by atomic mass is 10.3. The molecule has 2 aromatic heterocycles. The van der Waals surface area contributed by atoms with Gasteiger partial charge in [0.1, 0.15) is 11.6 Å². The maximum absolute atomic E-state index is 5.34. The third kappa shape index (κ3) is 2.52. The Bertz CT molecular complexity index is 402. The largest absolute Gasteiger partial charge is 0.468 e. The van der Waals surface area contributed by atoms with E-state index in [0.717, 1.165) is 31.1 Å². The lowest BCUT2D eigenvalue weighted by Gasteiger charge is -2.04. The van der Waals surface area contributed by atoms with Gasteiger partial charge in [0.05, 0.1) is 12.8 Å². The van der Waals surface area contributed by atoms with Crippen molar-refractivity contribution >= 4 is 0 Å². The van der Waals surface area contributed by atoms with Gasteiger partial charge in [-0.3, -0.25) is 0 Å². The molecule has 4 heteroatoms. The van der Waals surface area contributed by atoms with Crippen LogP contribution in [0, 0.1) is 6.92 Å². The number of furan rings is 1. The van der Waals surface area contributed by atoms with Crippen LogP contribution < -0.4 is 5.32 Å². The molecule has 0 aromatic carbocycles. The fourth-order valence-corrected chi connectivity index (χ4v) is 1.62. The van der Waals surface area contributed by atoms with E-state index in [9.17, 15) is 0 Å². The summed E-state index contributed by atoms with van der Waals surface area (Å²) in [6.07, 6.45) is 6.45. The quantitative estimate of drug-likeness (QED) is 0.778. The minimum atomic E-state index is 0.781. The molecule has 0 aliphatic carbocycles. The molecule has 0 radical (unpaired) electrons. The summed E-state index contributed by atoms with van der Waals surface area (Å²) in [4.78, 5) is 4.27. The minimum Gasteiger partial charge on any atom is -0.468 e. The Morgan fingerprint density at radius 1 is 1.50 bits per heavy atom. The van der Waals surface area contributed by atoms with Gasteiger partial charge >= 0.3 is 0 Å². The van der Waals surface area contributed by atoms with Gasteiger partial charge in [-0.1, -0.05) is 0 Å². The summed E-state index contributed by atoms with van der Waals surface area (Å²) in [5.41, 5.74) is 1.20. The molecule has 1 N–H and O–H groups in total. The molecule has 0 saturated carbocycles. The topological polar surface area (TPSA) is 43.0 Å². The Kier molecular flexibility index (Phi) is 3.41. The number of nitrogens with zero attached hydrogens (tertiary/aromatic N) is 2. The van der Waals surface area contributed by atoms with E-state index in [0.29, 0.717) is 0 Å². The first-order valence-electron chi connectivity index (χ1n) is 5.47. The van der Waals surface area contributed by atoms with Crippen molar-refractivity contribution in [3.8, 4) is 0 Å². The lowest BCUT2D eigenvalue weighted by Crippen LogP contribution is -2.18. The molecule has 0 amide bonds. The van der Waals surface area contributed by atoms with E-state index < -0.39 is 0 Å². The molecule has 16 heavy (non-hydrogen) atoms. The van der Waals surface area contributed by atoms with Gasteiger partial charge < -0.3 is 14.3 Å². The van der Waals surface area contributed by atoms with Crippen molar-refractivity contribution in [1.29, 1.82) is 0 Å². The van der Waals surface area contributed by atoms with Crippen LogP contribution >= 0.6 is 0 Å². The van der Waals surface area contributed by atoms with Crippen LogP contribution in [-0.4, -0.2) is 16.1 Å². The number of hydrogen-bond donors (Lipinski definition) is 1. The summed E-state index contributed by atoms with van der Waals surface area (Å²) < 4.78 is 7.38. The maximum atomic E-state index is 5.34. The second kappa shape index (κ2) is 4.99. The SMILES string of the molecule is Cc1ccoc1CNCCc1nccn1C. The van der Waals surface area contributed by atoms with Crippen LogP contribution in [0.2, 0.25) is 0 Å². The molecule has 2 aromatic rings. The Hall–Kier alpha value is -1.55. The van der Waals surface area contributed by atoms with Gasteiger partial charge in [-0.05, 0) is 18.6 Å². The van der Waals surface area contributed by atoms with E-state index >= 15 is 0 Å². The van der Waals surface area contributed by atoms with Crippen molar-refractivity contribution < 1.29 is 4.42 Å². The first-order chi connectivity index (χ1) is 7.77. The molecule has 4 nitrogen and oxygen atoms in total. The highest BCUT2D eigenvalue weighted by molar-refractivity contribution is 5.14. The maximum Gasteiger partial charge on any atom is 0.120 e. The van der Waals surface area contributed by atoms with E-state index in [2.05, 4.69) is 17.2 Å². The number of aryl methyl sites for hydroxylation is 2. The van der Waals surface area contributed by atoms with Crippen LogP contribution in [0.5, 0.6) is 0 Å². The van der Waals surface area contributed by atoms with Crippen molar-refractivity contribution in [2.75, 3.05) is 6.54 Å². The summed E-state index contributed by atoms with van der Waals surface area (Å²) in [5.74, 6) is 2.11. The van der Waals surface area contributed by atoms with E-state index in [-0.39, 0.29) is 0 Å². The molecule has 0 fully saturated rings. The second-order valence-corrected chi connectivity index (χ2v) is 3.91. The number of hydrogen-bond acceptors (Lipinski definition) is 3. The molecule has 2 heterocycles. The zero-order valence-corrected chi connectivity index (χ0v) is 9.73. The number of rotatable bonds is 5. The smallest absolute Gasteiger partial charge is 0.120 e. The predicted molar refractivity (Wildman–Crippen MR) is 62.1 cm³/mol. The highest BCUT2D eigenvalue weighted by atomic mass is 16.3. The number of imidazole rings is 1. The Labute approximate surface area is 95.3 Å². The fraction of sp³-hybridized carbons (Fsp3) is 0.417. The van der Waals surface area contributed by atoms with Crippen LogP contribution in [0.3, 0.4) is 0 Å². The average Bonchev–Trinajstić information content (AvgIpc) is 2.84. The highest BCUT2D eigenvalue weighted by Crippen LogP contribution is 2.07. The van der Waals surface area contributed by atoms with Gasteiger partial charge in [-0.25, -0.2) is 4.98 Å². The Morgan fingerprint density at radius 3 is 3.00 bits per heavy atom. The van der Waals surface area contributed by atoms with Crippen LogP contribution in [0.25, 0.3) is 0 Å². The molecule has 0 spiro atoms. The van der Waals surface area contributed by atoms with Crippen molar-refractivity contribution in [3.63, 3.8) is 0 Å². The van der Waals surface area contributed by atoms with E-state index in [4.69, 9.17) is 4.42 Å². The lowest BCUT2D eigenvalue weighted by molar-refractivity contribution is 0.480. The number of aromatic nitrogens is 2. The molecular formula is C12H17N3O. The monoisotopic (exact) mass is 219 g/mol.